The van der Waals surface area contributed by atoms with Crippen LogP contribution in [0.3, 0.4) is 0 Å². The summed E-state index contributed by atoms with van der Waals surface area (Å²) in [7, 11) is 0. The molecule has 0 bridgehead atoms. The van der Waals surface area contributed by atoms with E-state index in [4.69, 9.17) is 5.73 Å². The third kappa shape index (κ3) is 5.73. The van der Waals surface area contributed by atoms with E-state index < -0.39 is 0 Å². The zero-order valence-corrected chi connectivity index (χ0v) is 13.3. The maximum Gasteiger partial charge on any atom is 0.224 e. The van der Waals surface area contributed by atoms with E-state index in [-0.39, 0.29) is 18.3 Å². The Morgan fingerprint density at radius 2 is 1.90 bits per heavy atom. The minimum Gasteiger partial charge on any atom is -0.330 e. The topological polar surface area (TPSA) is 55.1 Å². The highest BCUT2D eigenvalue weighted by atomic mass is 35.5. The minimum atomic E-state index is 0. The normalized spacial score (nSPS) is 14.8. The lowest BCUT2D eigenvalue weighted by atomic mass is 10.2. The highest BCUT2D eigenvalue weighted by Crippen LogP contribution is 2.34. The van der Waals surface area contributed by atoms with E-state index in [1.54, 1.807) is 0 Å². The number of hydrogen-bond donors (Lipinski definition) is 2. The lowest BCUT2D eigenvalue weighted by Crippen LogP contribution is -2.13. The average Bonchev–Trinajstić information content (AvgIpc) is 2.91. The van der Waals surface area contributed by atoms with Crippen LogP contribution in [0, 0.1) is 0 Å². The standard InChI is InChI=1S/C15H22N2OS.ClH/c16-11-3-6-15(18)17-12-7-9-14(10-8-12)19-13-4-1-2-5-13;/h7-10,13H,1-6,11,16H2,(H,17,18);1H. The van der Waals surface area contributed by atoms with Crippen molar-refractivity contribution in [2.24, 2.45) is 5.73 Å². The molecule has 0 spiro atoms. The maximum atomic E-state index is 11.6. The van der Waals surface area contributed by atoms with Crippen molar-refractivity contribution in [3.8, 4) is 0 Å². The average molecular weight is 315 g/mol. The van der Waals surface area contributed by atoms with Crippen molar-refractivity contribution in [1.29, 1.82) is 0 Å². The van der Waals surface area contributed by atoms with Gasteiger partial charge in [0.25, 0.3) is 0 Å². The Hall–Kier alpha value is -0.710. The van der Waals surface area contributed by atoms with Crippen LogP contribution in [0.15, 0.2) is 29.2 Å². The van der Waals surface area contributed by atoms with Gasteiger partial charge in [-0.2, -0.15) is 0 Å². The smallest absolute Gasteiger partial charge is 0.224 e. The third-order valence-electron chi connectivity index (χ3n) is 3.35. The monoisotopic (exact) mass is 314 g/mol. The zero-order chi connectivity index (χ0) is 13.5. The molecule has 0 radical (unpaired) electrons. The highest BCUT2D eigenvalue weighted by Gasteiger charge is 2.15. The van der Waals surface area contributed by atoms with E-state index in [1.165, 1.54) is 30.6 Å². The van der Waals surface area contributed by atoms with Crippen LogP contribution in [0.25, 0.3) is 0 Å². The zero-order valence-electron chi connectivity index (χ0n) is 11.6. The molecule has 0 saturated heterocycles. The summed E-state index contributed by atoms with van der Waals surface area (Å²) in [6.07, 6.45) is 6.64. The Balaban J connectivity index is 0.00000200. The maximum absolute atomic E-state index is 11.6. The van der Waals surface area contributed by atoms with Gasteiger partial charge in [-0.15, -0.1) is 24.2 Å². The first kappa shape index (κ1) is 17.3. The highest BCUT2D eigenvalue weighted by molar-refractivity contribution is 8.00. The molecule has 0 heterocycles. The predicted molar refractivity (Wildman–Crippen MR) is 88.7 cm³/mol. The van der Waals surface area contributed by atoms with Crippen molar-refractivity contribution in [2.45, 2.75) is 48.7 Å². The molecule has 1 aliphatic carbocycles. The van der Waals surface area contributed by atoms with Gasteiger partial charge in [-0.3, -0.25) is 4.79 Å². The Kier molecular flexibility index (Phi) is 8.04. The number of nitrogens with two attached hydrogens (primary N) is 1. The van der Waals surface area contributed by atoms with Crippen molar-refractivity contribution in [1.82, 2.24) is 0 Å². The van der Waals surface area contributed by atoms with Gasteiger partial charge in [0.2, 0.25) is 5.91 Å². The van der Waals surface area contributed by atoms with Crippen molar-refractivity contribution < 1.29 is 4.79 Å². The minimum absolute atomic E-state index is 0. The Bertz CT molecular complexity index is 405. The Labute approximate surface area is 131 Å². The van der Waals surface area contributed by atoms with E-state index in [9.17, 15) is 4.79 Å². The molecule has 3 N–H and O–H groups in total. The number of carbonyl (C=O) groups excluding carboxylic acids is 1. The molecule has 1 saturated carbocycles. The second-order valence-electron chi connectivity index (χ2n) is 4.99. The first-order valence-electron chi connectivity index (χ1n) is 7.04. The summed E-state index contributed by atoms with van der Waals surface area (Å²) in [6.45, 7) is 0.560. The van der Waals surface area contributed by atoms with Crippen molar-refractivity contribution in [3.63, 3.8) is 0 Å². The third-order valence-corrected chi connectivity index (χ3v) is 4.70. The van der Waals surface area contributed by atoms with Crippen LogP contribution in [0.5, 0.6) is 0 Å². The number of carbonyl (C=O) groups is 1. The van der Waals surface area contributed by atoms with Crippen molar-refractivity contribution in [2.75, 3.05) is 11.9 Å². The van der Waals surface area contributed by atoms with Crippen LogP contribution >= 0.6 is 24.2 Å². The number of hydrogen-bond acceptors (Lipinski definition) is 3. The fraction of sp³-hybridized carbons (Fsp3) is 0.533. The summed E-state index contributed by atoms with van der Waals surface area (Å²) in [5.74, 6) is 0.0432. The lowest BCUT2D eigenvalue weighted by molar-refractivity contribution is -0.116. The molecule has 3 nitrogen and oxygen atoms in total. The van der Waals surface area contributed by atoms with Gasteiger partial charge in [-0.05, 0) is 50.1 Å². The van der Waals surface area contributed by atoms with E-state index in [0.717, 1.165) is 17.4 Å². The van der Waals surface area contributed by atoms with Gasteiger partial charge in [-0.1, -0.05) is 12.8 Å². The molecule has 2 rings (SSSR count). The molecule has 1 aromatic carbocycles. The molecule has 1 aliphatic rings. The molecule has 20 heavy (non-hydrogen) atoms. The Morgan fingerprint density at radius 1 is 1.25 bits per heavy atom. The van der Waals surface area contributed by atoms with Gasteiger partial charge in [0.05, 0.1) is 0 Å². The first-order chi connectivity index (χ1) is 9.28. The van der Waals surface area contributed by atoms with Crippen LogP contribution in [-0.2, 0) is 4.79 Å². The quantitative estimate of drug-likeness (QED) is 0.839. The summed E-state index contributed by atoms with van der Waals surface area (Å²) in [5.41, 5.74) is 6.26. The largest absolute Gasteiger partial charge is 0.330 e. The van der Waals surface area contributed by atoms with Gasteiger partial charge >= 0.3 is 0 Å². The molecule has 112 valence electrons. The number of nitrogens with one attached hydrogen (secondary N) is 1. The van der Waals surface area contributed by atoms with Crippen LogP contribution in [0.4, 0.5) is 5.69 Å². The number of benzene rings is 1. The van der Waals surface area contributed by atoms with Crippen LogP contribution < -0.4 is 11.1 Å². The second kappa shape index (κ2) is 9.27. The van der Waals surface area contributed by atoms with Crippen molar-refractivity contribution in [3.05, 3.63) is 24.3 Å². The molecule has 1 fully saturated rings. The number of anilines is 1. The molecule has 1 aromatic rings. The van der Waals surface area contributed by atoms with E-state index >= 15 is 0 Å². The summed E-state index contributed by atoms with van der Waals surface area (Å²) in [6, 6.07) is 8.17. The van der Waals surface area contributed by atoms with E-state index in [2.05, 4.69) is 17.4 Å². The predicted octanol–water partition coefficient (Wildman–Crippen LogP) is 3.82. The van der Waals surface area contributed by atoms with E-state index in [1.807, 2.05) is 23.9 Å². The Morgan fingerprint density at radius 3 is 2.50 bits per heavy atom. The fourth-order valence-corrected chi connectivity index (χ4v) is 3.55. The molecule has 0 atom stereocenters. The van der Waals surface area contributed by atoms with Gasteiger partial charge in [0.15, 0.2) is 0 Å². The molecular weight excluding hydrogens is 292 g/mol. The molecule has 1 amide bonds. The van der Waals surface area contributed by atoms with Crippen LogP contribution in [0.1, 0.15) is 38.5 Å². The second-order valence-corrected chi connectivity index (χ2v) is 6.36. The molecule has 0 unspecified atom stereocenters. The van der Waals surface area contributed by atoms with E-state index in [0.29, 0.717) is 13.0 Å². The number of thioether (sulfide) groups is 1. The van der Waals surface area contributed by atoms with Crippen LogP contribution in [-0.4, -0.2) is 17.7 Å². The summed E-state index contributed by atoms with van der Waals surface area (Å²) < 4.78 is 0. The number of amides is 1. The first-order valence-corrected chi connectivity index (χ1v) is 7.92. The van der Waals surface area contributed by atoms with Gasteiger partial charge < -0.3 is 11.1 Å². The number of rotatable bonds is 6. The molecule has 0 aromatic heterocycles. The molecule has 5 heteroatoms. The SMILES string of the molecule is Cl.NCCCC(=O)Nc1ccc(SC2CCCC2)cc1. The molecule has 0 aliphatic heterocycles. The number of halogens is 1. The summed E-state index contributed by atoms with van der Waals surface area (Å²) in [5, 5.41) is 3.68. The van der Waals surface area contributed by atoms with Crippen LogP contribution in [0.2, 0.25) is 0 Å². The molecular formula is C15H23ClN2OS. The summed E-state index contributed by atoms with van der Waals surface area (Å²) >= 11 is 1.96. The van der Waals surface area contributed by atoms with Gasteiger partial charge in [0.1, 0.15) is 0 Å². The summed E-state index contributed by atoms with van der Waals surface area (Å²) in [4.78, 5) is 12.9. The lowest BCUT2D eigenvalue weighted by Gasteiger charge is -2.09. The fourth-order valence-electron chi connectivity index (χ4n) is 2.30. The van der Waals surface area contributed by atoms with Crippen molar-refractivity contribution >= 4 is 35.8 Å². The van der Waals surface area contributed by atoms with Gasteiger partial charge in [0, 0.05) is 22.3 Å². The van der Waals surface area contributed by atoms with Gasteiger partial charge in [-0.25, -0.2) is 0 Å².